The Hall–Kier alpha value is -1.40. The SMILES string of the molecule is Cc1ncc2n1C(O)CN(C1CCNCC1)C2=O. The van der Waals surface area contributed by atoms with Gasteiger partial charge in [-0.3, -0.25) is 9.36 Å². The Morgan fingerprint density at radius 1 is 1.44 bits per heavy atom. The number of nitrogens with zero attached hydrogens (tertiary/aromatic N) is 3. The number of piperidine rings is 1. The van der Waals surface area contributed by atoms with Gasteiger partial charge >= 0.3 is 0 Å². The van der Waals surface area contributed by atoms with Gasteiger partial charge in [-0.2, -0.15) is 0 Å². The monoisotopic (exact) mass is 250 g/mol. The number of fused-ring (bicyclic) bond motifs is 1. The van der Waals surface area contributed by atoms with Gasteiger partial charge in [-0.15, -0.1) is 0 Å². The molecule has 98 valence electrons. The first-order valence-electron chi connectivity index (χ1n) is 6.42. The highest BCUT2D eigenvalue weighted by molar-refractivity contribution is 5.93. The number of rotatable bonds is 1. The Labute approximate surface area is 106 Å². The van der Waals surface area contributed by atoms with Gasteiger partial charge < -0.3 is 15.3 Å². The number of imidazole rings is 1. The largest absolute Gasteiger partial charge is 0.371 e. The highest BCUT2D eigenvalue weighted by atomic mass is 16.3. The van der Waals surface area contributed by atoms with Crippen molar-refractivity contribution < 1.29 is 9.90 Å². The van der Waals surface area contributed by atoms with Crippen LogP contribution in [0, 0.1) is 6.92 Å². The first kappa shape index (κ1) is 11.7. The van der Waals surface area contributed by atoms with Crippen LogP contribution in [0.4, 0.5) is 0 Å². The van der Waals surface area contributed by atoms with E-state index in [-0.39, 0.29) is 11.9 Å². The van der Waals surface area contributed by atoms with E-state index in [0.29, 0.717) is 18.1 Å². The average Bonchev–Trinajstić information content (AvgIpc) is 2.78. The van der Waals surface area contributed by atoms with Crippen LogP contribution >= 0.6 is 0 Å². The number of aryl methyl sites for hydroxylation is 1. The van der Waals surface area contributed by atoms with Crippen molar-refractivity contribution in [1.29, 1.82) is 0 Å². The first-order valence-corrected chi connectivity index (χ1v) is 6.42. The molecular weight excluding hydrogens is 232 g/mol. The number of carbonyl (C=O) groups is 1. The Morgan fingerprint density at radius 2 is 2.17 bits per heavy atom. The lowest BCUT2D eigenvalue weighted by Gasteiger charge is -2.39. The molecule has 1 unspecified atom stereocenters. The van der Waals surface area contributed by atoms with Crippen molar-refractivity contribution in [2.75, 3.05) is 19.6 Å². The Morgan fingerprint density at radius 3 is 2.89 bits per heavy atom. The Bertz CT molecular complexity index is 465. The topological polar surface area (TPSA) is 70.4 Å². The number of aliphatic hydroxyl groups excluding tert-OH is 1. The smallest absolute Gasteiger partial charge is 0.272 e. The minimum Gasteiger partial charge on any atom is -0.371 e. The number of aliphatic hydroxyl groups is 1. The molecule has 2 N–H and O–H groups in total. The zero-order valence-electron chi connectivity index (χ0n) is 10.5. The molecule has 2 aliphatic rings. The van der Waals surface area contributed by atoms with Crippen molar-refractivity contribution in [3.63, 3.8) is 0 Å². The quantitative estimate of drug-likeness (QED) is 0.729. The van der Waals surface area contributed by atoms with E-state index >= 15 is 0 Å². The fourth-order valence-electron chi connectivity index (χ4n) is 2.91. The number of aromatic nitrogens is 2. The summed E-state index contributed by atoms with van der Waals surface area (Å²) in [5.74, 6) is 0.684. The van der Waals surface area contributed by atoms with Crippen molar-refractivity contribution >= 4 is 5.91 Å². The lowest BCUT2D eigenvalue weighted by molar-refractivity contribution is 0.00930. The molecule has 0 radical (unpaired) electrons. The van der Waals surface area contributed by atoms with Crippen LogP contribution in [0.3, 0.4) is 0 Å². The van der Waals surface area contributed by atoms with Crippen LogP contribution in [-0.4, -0.2) is 51.1 Å². The van der Waals surface area contributed by atoms with E-state index < -0.39 is 6.23 Å². The van der Waals surface area contributed by atoms with Gasteiger partial charge in [0.2, 0.25) is 0 Å². The van der Waals surface area contributed by atoms with Crippen LogP contribution in [0.1, 0.15) is 35.4 Å². The van der Waals surface area contributed by atoms with E-state index in [4.69, 9.17) is 0 Å². The summed E-state index contributed by atoms with van der Waals surface area (Å²) in [4.78, 5) is 18.3. The maximum absolute atomic E-state index is 12.4. The van der Waals surface area contributed by atoms with Crippen LogP contribution < -0.4 is 5.32 Å². The van der Waals surface area contributed by atoms with Crippen LogP contribution in [0.2, 0.25) is 0 Å². The summed E-state index contributed by atoms with van der Waals surface area (Å²) in [5, 5.41) is 13.4. The third-order valence-electron chi connectivity index (χ3n) is 3.87. The third-order valence-corrected chi connectivity index (χ3v) is 3.87. The van der Waals surface area contributed by atoms with E-state index in [1.807, 2.05) is 4.90 Å². The molecule has 1 aromatic rings. The highest BCUT2D eigenvalue weighted by Gasteiger charge is 2.35. The molecule has 18 heavy (non-hydrogen) atoms. The molecule has 0 saturated carbocycles. The molecule has 1 fully saturated rings. The van der Waals surface area contributed by atoms with Crippen LogP contribution in [0.25, 0.3) is 0 Å². The van der Waals surface area contributed by atoms with Crippen LogP contribution in [0.5, 0.6) is 0 Å². The summed E-state index contributed by atoms with van der Waals surface area (Å²) in [6, 6.07) is 0.234. The number of carbonyl (C=O) groups excluding carboxylic acids is 1. The number of hydrogen-bond acceptors (Lipinski definition) is 4. The molecular formula is C12H18N4O2. The lowest BCUT2D eigenvalue weighted by Crippen LogP contribution is -2.51. The van der Waals surface area contributed by atoms with Crippen molar-refractivity contribution in [3.05, 3.63) is 17.7 Å². The van der Waals surface area contributed by atoms with Gasteiger partial charge in [-0.1, -0.05) is 0 Å². The molecule has 0 spiro atoms. The van der Waals surface area contributed by atoms with E-state index in [0.717, 1.165) is 25.9 Å². The number of β-amino-alcohol motifs (C(OH)–C–C–N with tert-alkyl or cyclic N) is 1. The second kappa shape index (κ2) is 4.37. The van der Waals surface area contributed by atoms with Crippen molar-refractivity contribution in [2.24, 2.45) is 0 Å². The molecule has 0 bridgehead atoms. The number of nitrogens with one attached hydrogen (secondary N) is 1. The zero-order valence-corrected chi connectivity index (χ0v) is 10.5. The van der Waals surface area contributed by atoms with E-state index in [2.05, 4.69) is 10.3 Å². The van der Waals surface area contributed by atoms with Crippen molar-refractivity contribution in [2.45, 2.75) is 32.0 Å². The fraction of sp³-hybridized carbons (Fsp3) is 0.667. The van der Waals surface area contributed by atoms with Crippen LogP contribution in [0.15, 0.2) is 6.20 Å². The lowest BCUT2D eigenvalue weighted by atomic mass is 10.0. The molecule has 1 amide bonds. The zero-order chi connectivity index (χ0) is 12.7. The summed E-state index contributed by atoms with van der Waals surface area (Å²) in [7, 11) is 0. The van der Waals surface area contributed by atoms with Gasteiger partial charge in [0, 0.05) is 6.04 Å². The molecule has 0 aliphatic carbocycles. The molecule has 2 aliphatic heterocycles. The second-order valence-electron chi connectivity index (χ2n) is 4.98. The molecule has 3 heterocycles. The minimum atomic E-state index is -0.671. The number of amides is 1. The van der Waals surface area contributed by atoms with Gasteiger partial charge in [0.25, 0.3) is 5.91 Å². The Kier molecular flexibility index (Phi) is 2.83. The van der Waals surface area contributed by atoms with E-state index in [1.165, 1.54) is 0 Å². The maximum atomic E-state index is 12.4. The fourth-order valence-corrected chi connectivity index (χ4v) is 2.91. The molecule has 1 saturated heterocycles. The summed E-state index contributed by atoms with van der Waals surface area (Å²) in [6.07, 6.45) is 2.79. The summed E-state index contributed by atoms with van der Waals surface area (Å²) < 4.78 is 1.62. The molecule has 0 aromatic carbocycles. The normalized spacial score (nSPS) is 25.3. The van der Waals surface area contributed by atoms with Crippen molar-refractivity contribution in [3.8, 4) is 0 Å². The van der Waals surface area contributed by atoms with Crippen molar-refractivity contribution in [1.82, 2.24) is 19.8 Å². The second-order valence-corrected chi connectivity index (χ2v) is 4.98. The molecule has 1 aromatic heterocycles. The van der Waals surface area contributed by atoms with E-state index in [9.17, 15) is 9.90 Å². The maximum Gasteiger partial charge on any atom is 0.272 e. The first-order chi connectivity index (χ1) is 8.68. The van der Waals surface area contributed by atoms with Crippen LogP contribution in [-0.2, 0) is 0 Å². The predicted molar refractivity (Wildman–Crippen MR) is 65.1 cm³/mol. The molecule has 6 nitrogen and oxygen atoms in total. The third kappa shape index (κ3) is 1.72. The standard InChI is InChI=1S/C12H18N4O2/c1-8-14-6-10-12(18)15(7-11(17)16(8)10)9-2-4-13-5-3-9/h6,9,11,13,17H,2-5,7H2,1H3. The number of hydrogen-bond donors (Lipinski definition) is 2. The van der Waals surface area contributed by atoms with Gasteiger partial charge in [0.15, 0.2) is 0 Å². The molecule has 3 rings (SSSR count). The van der Waals surface area contributed by atoms with E-state index in [1.54, 1.807) is 17.7 Å². The molecule has 1 atom stereocenters. The Balaban J connectivity index is 1.89. The predicted octanol–water partition coefficient (Wildman–Crippen LogP) is -0.110. The summed E-state index contributed by atoms with van der Waals surface area (Å²) >= 11 is 0. The highest BCUT2D eigenvalue weighted by Crippen LogP contribution is 2.25. The van der Waals surface area contributed by atoms with Gasteiger partial charge in [-0.05, 0) is 32.9 Å². The minimum absolute atomic E-state index is 0.00667. The average molecular weight is 250 g/mol. The molecule has 6 heteroatoms. The summed E-state index contributed by atoms with van der Waals surface area (Å²) in [6.45, 7) is 4.04. The van der Waals surface area contributed by atoms with Gasteiger partial charge in [0.1, 0.15) is 17.7 Å². The van der Waals surface area contributed by atoms with Gasteiger partial charge in [0.05, 0.1) is 12.7 Å². The van der Waals surface area contributed by atoms with Gasteiger partial charge in [-0.25, -0.2) is 4.98 Å². The summed E-state index contributed by atoms with van der Waals surface area (Å²) in [5.41, 5.74) is 0.504.